The monoisotopic (exact) mass is 422 g/mol. The highest BCUT2D eigenvalue weighted by molar-refractivity contribution is 5.81. The molecule has 0 aromatic heterocycles. The average molecular weight is 423 g/mol. The zero-order valence-corrected chi connectivity index (χ0v) is 19.5. The first-order valence-corrected chi connectivity index (χ1v) is 13.0. The largest absolute Gasteiger partial charge is 0.481 e. The minimum Gasteiger partial charge on any atom is -0.481 e. The van der Waals surface area contributed by atoms with Crippen molar-refractivity contribution in [3.63, 3.8) is 0 Å². The van der Waals surface area contributed by atoms with Crippen molar-refractivity contribution >= 4 is 11.9 Å². The highest BCUT2D eigenvalue weighted by Gasteiger charge is 2.42. The Labute approximate surface area is 184 Å². The molecule has 2 aliphatic rings. The van der Waals surface area contributed by atoms with E-state index >= 15 is 0 Å². The number of carboxylic acid groups (broad SMARTS) is 1. The van der Waals surface area contributed by atoms with Crippen molar-refractivity contribution < 1.29 is 19.4 Å². The number of carbonyl (C=O) groups excluding carboxylic acids is 1. The van der Waals surface area contributed by atoms with Gasteiger partial charge in [-0.1, -0.05) is 84.0 Å². The van der Waals surface area contributed by atoms with Crippen LogP contribution in [0.2, 0.25) is 0 Å². The predicted octanol–water partition coefficient (Wildman–Crippen LogP) is 7.43. The maximum atomic E-state index is 13.0. The molecule has 0 bridgehead atoms. The van der Waals surface area contributed by atoms with Crippen molar-refractivity contribution in [2.45, 2.75) is 141 Å². The van der Waals surface area contributed by atoms with Gasteiger partial charge in [0.2, 0.25) is 0 Å². The predicted molar refractivity (Wildman–Crippen MR) is 121 cm³/mol. The van der Waals surface area contributed by atoms with Gasteiger partial charge in [-0.3, -0.25) is 9.59 Å². The Morgan fingerprint density at radius 2 is 1.30 bits per heavy atom. The third-order valence-electron chi connectivity index (χ3n) is 7.45. The fourth-order valence-electron chi connectivity index (χ4n) is 5.53. The van der Waals surface area contributed by atoms with E-state index in [2.05, 4.69) is 6.92 Å². The van der Waals surface area contributed by atoms with Crippen LogP contribution in [0.5, 0.6) is 0 Å². The topological polar surface area (TPSA) is 63.6 Å². The summed E-state index contributed by atoms with van der Waals surface area (Å²) in [5.41, 5.74) is -0.323. The molecule has 4 heteroatoms. The first-order chi connectivity index (χ1) is 14.6. The molecule has 0 saturated heterocycles. The zero-order valence-electron chi connectivity index (χ0n) is 19.5. The Kier molecular flexibility index (Phi) is 11.8. The number of hydrogen-bond donors (Lipinski definition) is 1. The van der Waals surface area contributed by atoms with Crippen LogP contribution in [0.4, 0.5) is 0 Å². The lowest BCUT2D eigenvalue weighted by Crippen LogP contribution is -2.42. The molecule has 0 radical (unpaired) electrons. The lowest BCUT2D eigenvalue weighted by molar-refractivity contribution is -0.176. The number of hydrogen-bond acceptors (Lipinski definition) is 3. The highest BCUT2D eigenvalue weighted by atomic mass is 16.6. The molecule has 0 heterocycles. The molecule has 2 saturated carbocycles. The van der Waals surface area contributed by atoms with E-state index in [1.807, 2.05) is 0 Å². The fourth-order valence-corrected chi connectivity index (χ4v) is 5.53. The summed E-state index contributed by atoms with van der Waals surface area (Å²) in [6.45, 7) is 2.26. The number of carboxylic acids is 1. The first kappa shape index (κ1) is 25.2. The normalized spacial score (nSPS) is 23.8. The number of rotatable bonds is 14. The second-order valence-corrected chi connectivity index (χ2v) is 9.93. The van der Waals surface area contributed by atoms with Gasteiger partial charge in [-0.25, -0.2) is 0 Å². The van der Waals surface area contributed by atoms with E-state index in [4.69, 9.17) is 4.74 Å². The standard InChI is InChI=1S/C26H46O4/c1-2-3-4-5-6-7-8-9-10-14-19-26(20-15-11-16-21-26)30-25(29)23-18-13-12-17-22(23)24(27)28/h22-23H,2-21H2,1H3,(H,27,28). The lowest BCUT2D eigenvalue weighted by Gasteiger charge is -2.39. The van der Waals surface area contributed by atoms with Gasteiger partial charge in [0.05, 0.1) is 11.8 Å². The Hall–Kier alpha value is -1.06. The summed E-state index contributed by atoms with van der Waals surface area (Å²) in [6, 6.07) is 0. The van der Waals surface area contributed by atoms with Crippen LogP contribution in [0, 0.1) is 11.8 Å². The van der Waals surface area contributed by atoms with Crippen LogP contribution in [-0.4, -0.2) is 22.6 Å². The molecule has 0 aliphatic heterocycles. The fraction of sp³-hybridized carbons (Fsp3) is 0.923. The number of esters is 1. The second-order valence-electron chi connectivity index (χ2n) is 9.93. The van der Waals surface area contributed by atoms with Gasteiger partial charge in [0, 0.05) is 0 Å². The molecule has 2 atom stereocenters. The third kappa shape index (κ3) is 8.59. The molecule has 30 heavy (non-hydrogen) atoms. The maximum Gasteiger partial charge on any atom is 0.310 e. The molecule has 0 amide bonds. The van der Waals surface area contributed by atoms with Crippen molar-refractivity contribution in [3.05, 3.63) is 0 Å². The Morgan fingerprint density at radius 3 is 1.87 bits per heavy atom. The number of ether oxygens (including phenoxy) is 1. The maximum absolute atomic E-state index is 13.0. The van der Waals surface area contributed by atoms with Crippen LogP contribution >= 0.6 is 0 Å². The van der Waals surface area contributed by atoms with Gasteiger partial charge in [0.25, 0.3) is 0 Å². The van der Waals surface area contributed by atoms with Crippen molar-refractivity contribution in [1.29, 1.82) is 0 Å². The summed E-state index contributed by atoms with van der Waals surface area (Å²) in [5, 5.41) is 9.52. The van der Waals surface area contributed by atoms with Gasteiger partial charge >= 0.3 is 11.9 Å². The third-order valence-corrected chi connectivity index (χ3v) is 7.45. The van der Waals surface area contributed by atoms with Gasteiger partial charge in [-0.2, -0.15) is 0 Å². The smallest absolute Gasteiger partial charge is 0.310 e. The average Bonchev–Trinajstić information content (AvgIpc) is 2.75. The Bertz CT molecular complexity index is 495. The summed E-state index contributed by atoms with van der Waals surface area (Å²) in [5.74, 6) is -2.05. The molecule has 2 fully saturated rings. The van der Waals surface area contributed by atoms with Gasteiger partial charge in [0.15, 0.2) is 0 Å². The van der Waals surface area contributed by atoms with E-state index in [0.29, 0.717) is 12.8 Å². The van der Waals surface area contributed by atoms with Gasteiger partial charge in [0.1, 0.15) is 5.60 Å². The van der Waals surface area contributed by atoms with Crippen LogP contribution in [0.25, 0.3) is 0 Å². The first-order valence-electron chi connectivity index (χ1n) is 13.0. The minimum absolute atomic E-state index is 0.226. The van der Waals surface area contributed by atoms with Gasteiger partial charge in [-0.15, -0.1) is 0 Å². The second kappa shape index (κ2) is 14.1. The van der Waals surface area contributed by atoms with Crippen LogP contribution in [0.15, 0.2) is 0 Å². The van der Waals surface area contributed by atoms with E-state index in [1.165, 1.54) is 64.2 Å². The van der Waals surface area contributed by atoms with Crippen molar-refractivity contribution in [3.8, 4) is 0 Å². The van der Waals surface area contributed by atoms with E-state index in [1.54, 1.807) is 0 Å². The van der Waals surface area contributed by atoms with E-state index < -0.39 is 17.8 Å². The summed E-state index contributed by atoms with van der Waals surface area (Å²) in [6.07, 6.45) is 22.6. The van der Waals surface area contributed by atoms with E-state index in [0.717, 1.165) is 51.4 Å². The molecular formula is C26H46O4. The minimum atomic E-state index is -0.830. The molecule has 0 aromatic carbocycles. The van der Waals surface area contributed by atoms with Crippen LogP contribution in [-0.2, 0) is 14.3 Å². The molecule has 2 unspecified atom stereocenters. The molecule has 0 aromatic rings. The summed E-state index contributed by atoms with van der Waals surface area (Å²) in [7, 11) is 0. The van der Waals surface area contributed by atoms with E-state index in [9.17, 15) is 14.7 Å². The molecular weight excluding hydrogens is 376 g/mol. The van der Waals surface area contributed by atoms with Gasteiger partial charge in [-0.05, 0) is 51.4 Å². The van der Waals surface area contributed by atoms with Crippen LogP contribution in [0.3, 0.4) is 0 Å². The molecule has 174 valence electrons. The van der Waals surface area contributed by atoms with Crippen molar-refractivity contribution in [2.24, 2.45) is 11.8 Å². The Morgan fingerprint density at radius 1 is 0.767 bits per heavy atom. The van der Waals surface area contributed by atoms with Crippen molar-refractivity contribution in [2.75, 3.05) is 0 Å². The van der Waals surface area contributed by atoms with Crippen LogP contribution < -0.4 is 0 Å². The molecule has 4 nitrogen and oxygen atoms in total. The SMILES string of the molecule is CCCCCCCCCCCCC1(OC(=O)C2CCCCC2C(=O)O)CCCCC1. The Balaban J connectivity index is 1.74. The number of aliphatic carboxylic acids is 1. The summed E-state index contributed by atoms with van der Waals surface area (Å²) < 4.78 is 6.18. The quantitative estimate of drug-likeness (QED) is 0.233. The molecule has 2 rings (SSSR count). The molecule has 1 N–H and O–H groups in total. The van der Waals surface area contributed by atoms with Gasteiger partial charge < -0.3 is 9.84 Å². The molecule has 0 spiro atoms. The highest BCUT2D eigenvalue weighted by Crippen LogP contribution is 2.39. The summed E-state index contributed by atoms with van der Waals surface area (Å²) >= 11 is 0. The van der Waals surface area contributed by atoms with Crippen molar-refractivity contribution in [1.82, 2.24) is 0 Å². The summed E-state index contributed by atoms with van der Waals surface area (Å²) in [4.78, 5) is 24.6. The van der Waals surface area contributed by atoms with E-state index in [-0.39, 0.29) is 11.6 Å². The number of unbranched alkanes of at least 4 members (excludes halogenated alkanes) is 9. The lowest BCUT2D eigenvalue weighted by atomic mass is 9.78. The number of carbonyl (C=O) groups is 2. The molecule has 2 aliphatic carbocycles. The zero-order chi connectivity index (χ0) is 21.7. The van der Waals surface area contributed by atoms with Crippen LogP contribution in [0.1, 0.15) is 135 Å².